The number of carbonyl (C=O) groups excluding carboxylic acids is 3. The molecule has 7 heteroatoms. The summed E-state index contributed by atoms with van der Waals surface area (Å²) in [4.78, 5) is 39.3. The summed E-state index contributed by atoms with van der Waals surface area (Å²) in [6, 6.07) is 10.5. The summed E-state index contributed by atoms with van der Waals surface area (Å²) >= 11 is 0. The Labute approximate surface area is 162 Å². The second kappa shape index (κ2) is 9.45. The minimum absolute atomic E-state index is 0.0697. The Morgan fingerprint density at radius 1 is 1.00 bits per heavy atom. The third-order valence-electron chi connectivity index (χ3n) is 4.07. The van der Waals surface area contributed by atoms with E-state index < -0.39 is 5.97 Å². The number of pyridine rings is 1. The molecule has 0 saturated heterocycles. The third-order valence-corrected chi connectivity index (χ3v) is 4.07. The van der Waals surface area contributed by atoms with Crippen molar-refractivity contribution in [2.75, 3.05) is 13.2 Å². The summed E-state index contributed by atoms with van der Waals surface area (Å²) < 4.78 is 5.05. The van der Waals surface area contributed by atoms with E-state index in [-0.39, 0.29) is 25.0 Å². The minimum atomic E-state index is -0.506. The van der Waals surface area contributed by atoms with Crippen LogP contribution in [-0.4, -0.2) is 42.0 Å². The van der Waals surface area contributed by atoms with Crippen molar-refractivity contribution in [3.05, 3.63) is 71.6 Å². The zero-order valence-electron chi connectivity index (χ0n) is 15.3. The molecule has 0 aliphatic heterocycles. The highest BCUT2D eigenvalue weighted by atomic mass is 16.5. The summed E-state index contributed by atoms with van der Waals surface area (Å²) in [5, 5.41) is 5.58. The number of hydrogen-bond acceptors (Lipinski definition) is 5. The highest BCUT2D eigenvalue weighted by molar-refractivity contribution is 5.95. The average molecular weight is 379 g/mol. The van der Waals surface area contributed by atoms with Gasteiger partial charge in [0, 0.05) is 35.6 Å². The molecule has 1 fully saturated rings. The van der Waals surface area contributed by atoms with Gasteiger partial charge in [0.1, 0.15) is 6.61 Å². The fraction of sp³-hybridized carbons (Fsp3) is 0.238. The van der Waals surface area contributed by atoms with Crippen LogP contribution in [0, 0.1) is 0 Å². The Morgan fingerprint density at radius 3 is 2.36 bits per heavy atom. The van der Waals surface area contributed by atoms with Crippen molar-refractivity contribution in [1.29, 1.82) is 0 Å². The van der Waals surface area contributed by atoms with Gasteiger partial charge < -0.3 is 15.4 Å². The average Bonchev–Trinajstić information content (AvgIpc) is 3.54. The van der Waals surface area contributed by atoms with Gasteiger partial charge in [-0.05, 0) is 48.7 Å². The van der Waals surface area contributed by atoms with E-state index in [1.807, 2.05) is 0 Å². The summed E-state index contributed by atoms with van der Waals surface area (Å²) in [7, 11) is 0. The van der Waals surface area contributed by atoms with Crippen molar-refractivity contribution in [3.63, 3.8) is 0 Å². The Balaban J connectivity index is 1.37. The first-order valence-corrected chi connectivity index (χ1v) is 9.06. The molecule has 2 N–H and O–H groups in total. The van der Waals surface area contributed by atoms with E-state index in [9.17, 15) is 14.4 Å². The highest BCUT2D eigenvalue weighted by Crippen LogP contribution is 2.19. The Morgan fingerprint density at radius 2 is 1.68 bits per heavy atom. The van der Waals surface area contributed by atoms with Gasteiger partial charge in [0.25, 0.3) is 11.8 Å². The number of carbonyl (C=O) groups is 3. The second-order valence-electron chi connectivity index (χ2n) is 6.36. The molecule has 1 aromatic carbocycles. The number of rotatable bonds is 8. The van der Waals surface area contributed by atoms with Gasteiger partial charge in [-0.3, -0.25) is 14.6 Å². The maximum Gasteiger partial charge on any atom is 0.330 e. The van der Waals surface area contributed by atoms with Gasteiger partial charge in [0.15, 0.2) is 0 Å². The molecule has 7 nitrogen and oxygen atoms in total. The van der Waals surface area contributed by atoms with Gasteiger partial charge in [-0.1, -0.05) is 12.1 Å². The van der Waals surface area contributed by atoms with E-state index in [2.05, 4.69) is 15.6 Å². The van der Waals surface area contributed by atoms with Crippen molar-refractivity contribution in [2.24, 2.45) is 0 Å². The lowest BCUT2D eigenvalue weighted by Gasteiger charge is -2.05. The molecular formula is C21H21N3O4. The first-order chi connectivity index (χ1) is 13.6. The quantitative estimate of drug-likeness (QED) is 0.415. The normalized spacial score (nSPS) is 13.1. The standard InChI is InChI=1S/C21H21N3O4/c25-19(28-14-13-23-20(26)17-9-11-22-12-10-17)8-3-15-1-4-16(5-2-15)21(27)24-18-6-7-18/h1-5,8-12,18H,6-7,13-14H2,(H,23,26)(H,24,27). The molecule has 0 spiro atoms. The largest absolute Gasteiger partial charge is 0.461 e. The van der Waals surface area contributed by atoms with Crippen LogP contribution in [0.25, 0.3) is 6.08 Å². The van der Waals surface area contributed by atoms with Crippen LogP contribution in [0.2, 0.25) is 0 Å². The van der Waals surface area contributed by atoms with E-state index in [4.69, 9.17) is 4.74 Å². The number of amides is 2. The van der Waals surface area contributed by atoms with Crippen LogP contribution in [0.3, 0.4) is 0 Å². The third kappa shape index (κ3) is 6.05. The molecule has 1 aliphatic carbocycles. The van der Waals surface area contributed by atoms with Crippen LogP contribution in [0.4, 0.5) is 0 Å². The van der Waals surface area contributed by atoms with Gasteiger partial charge >= 0.3 is 5.97 Å². The van der Waals surface area contributed by atoms with Gasteiger partial charge in [0.2, 0.25) is 0 Å². The van der Waals surface area contributed by atoms with Crippen molar-refractivity contribution in [2.45, 2.75) is 18.9 Å². The van der Waals surface area contributed by atoms with Gasteiger partial charge in [-0.2, -0.15) is 0 Å². The lowest BCUT2D eigenvalue weighted by molar-refractivity contribution is -0.137. The maximum absolute atomic E-state index is 11.9. The van der Waals surface area contributed by atoms with Crippen LogP contribution >= 0.6 is 0 Å². The minimum Gasteiger partial charge on any atom is -0.461 e. The van der Waals surface area contributed by atoms with Crippen LogP contribution in [-0.2, 0) is 9.53 Å². The molecule has 1 heterocycles. The van der Waals surface area contributed by atoms with E-state index in [1.54, 1.807) is 42.5 Å². The van der Waals surface area contributed by atoms with Crippen molar-refractivity contribution < 1.29 is 19.1 Å². The molecule has 0 radical (unpaired) electrons. The van der Waals surface area contributed by atoms with E-state index in [0.29, 0.717) is 17.2 Å². The van der Waals surface area contributed by atoms with Crippen molar-refractivity contribution >= 4 is 23.9 Å². The van der Waals surface area contributed by atoms with Crippen LogP contribution in [0.1, 0.15) is 39.1 Å². The maximum atomic E-state index is 11.9. The zero-order valence-corrected chi connectivity index (χ0v) is 15.3. The molecular weight excluding hydrogens is 358 g/mol. The van der Waals surface area contributed by atoms with Crippen molar-refractivity contribution in [1.82, 2.24) is 15.6 Å². The van der Waals surface area contributed by atoms with E-state index in [1.165, 1.54) is 18.5 Å². The summed E-state index contributed by atoms with van der Waals surface area (Å²) in [5.74, 6) is -0.834. The second-order valence-corrected chi connectivity index (χ2v) is 6.36. The van der Waals surface area contributed by atoms with Crippen LogP contribution < -0.4 is 10.6 Å². The predicted octanol–water partition coefficient (Wildman–Crippen LogP) is 1.96. The molecule has 0 atom stereocenters. The first-order valence-electron chi connectivity index (χ1n) is 9.06. The number of ether oxygens (including phenoxy) is 1. The number of nitrogens with one attached hydrogen (secondary N) is 2. The van der Waals surface area contributed by atoms with E-state index >= 15 is 0 Å². The molecule has 0 unspecified atom stereocenters. The molecule has 1 saturated carbocycles. The topological polar surface area (TPSA) is 97.4 Å². The van der Waals surface area contributed by atoms with Gasteiger partial charge in [0.05, 0.1) is 6.54 Å². The lowest BCUT2D eigenvalue weighted by Crippen LogP contribution is -2.27. The van der Waals surface area contributed by atoms with Gasteiger partial charge in [-0.25, -0.2) is 4.79 Å². The molecule has 2 aromatic rings. The predicted molar refractivity (Wildman–Crippen MR) is 103 cm³/mol. The first kappa shape index (κ1) is 19.3. The monoisotopic (exact) mass is 379 g/mol. The SMILES string of the molecule is O=C(C=Cc1ccc(C(=O)NC2CC2)cc1)OCCNC(=O)c1ccncc1. The van der Waals surface area contributed by atoms with E-state index in [0.717, 1.165) is 18.4 Å². The molecule has 144 valence electrons. The molecule has 28 heavy (non-hydrogen) atoms. The Hall–Kier alpha value is -3.48. The summed E-state index contributed by atoms with van der Waals surface area (Å²) in [6.07, 6.45) is 8.08. The fourth-order valence-electron chi connectivity index (χ4n) is 2.38. The lowest BCUT2D eigenvalue weighted by atomic mass is 10.1. The van der Waals surface area contributed by atoms with Crippen LogP contribution in [0.5, 0.6) is 0 Å². The number of nitrogens with zero attached hydrogens (tertiary/aromatic N) is 1. The highest BCUT2D eigenvalue weighted by Gasteiger charge is 2.23. The number of aromatic nitrogens is 1. The summed E-state index contributed by atoms with van der Waals surface area (Å²) in [5.41, 5.74) is 1.87. The molecule has 2 amide bonds. The smallest absolute Gasteiger partial charge is 0.330 e. The van der Waals surface area contributed by atoms with Crippen molar-refractivity contribution in [3.8, 4) is 0 Å². The fourth-order valence-corrected chi connectivity index (χ4v) is 2.38. The zero-order chi connectivity index (χ0) is 19.8. The molecule has 1 aromatic heterocycles. The number of esters is 1. The number of hydrogen-bond donors (Lipinski definition) is 2. The molecule has 0 bridgehead atoms. The molecule has 3 rings (SSSR count). The Kier molecular flexibility index (Phi) is 6.51. The van der Waals surface area contributed by atoms with Gasteiger partial charge in [-0.15, -0.1) is 0 Å². The Bertz CT molecular complexity index is 859. The van der Waals surface area contributed by atoms with Crippen LogP contribution in [0.15, 0.2) is 54.9 Å². The summed E-state index contributed by atoms with van der Waals surface area (Å²) in [6.45, 7) is 0.284. The molecule has 1 aliphatic rings. The number of benzene rings is 1.